The molecule has 2 heteroatoms. The van der Waals surface area contributed by atoms with Crippen LogP contribution in [0.5, 0.6) is 0 Å². The highest BCUT2D eigenvalue weighted by Crippen LogP contribution is 2.54. The minimum absolute atomic E-state index is 0.845. The minimum atomic E-state index is 0.845. The lowest BCUT2D eigenvalue weighted by Gasteiger charge is -2.30. The normalized spacial score (nSPS) is 54.0. The summed E-state index contributed by atoms with van der Waals surface area (Å²) in [7, 11) is 4.28. The molecule has 2 rings (SSSR count). The van der Waals surface area contributed by atoms with Crippen molar-refractivity contribution in [3.63, 3.8) is 0 Å². The molecule has 1 saturated carbocycles. The van der Waals surface area contributed by atoms with Gasteiger partial charge in [0.2, 0.25) is 0 Å². The van der Waals surface area contributed by atoms with E-state index in [2.05, 4.69) is 49.3 Å². The lowest BCUT2D eigenvalue weighted by molar-refractivity contribution is 0.229. The van der Waals surface area contributed by atoms with Gasteiger partial charge in [-0.15, -0.1) is 0 Å². The fourth-order valence-electron chi connectivity index (χ4n) is 3.37. The van der Waals surface area contributed by atoms with Crippen LogP contribution in [0, 0.1) is 23.7 Å². The van der Waals surface area contributed by atoms with E-state index in [0.29, 0.717) is 0 Å². The first-order valence-corrected chi connectivity index (χ1v) is 8.21. The summed E-state index contributed by atoms with van der Waals surface area (Å²) < 4.78 is 0. The molecule has 1 saturated heterocycles. The molecule has 14 heavy (non-hydrogen) atoms. The van der Waals surface area contributed by atoms with Gasteiger partial charge < -0.3 is 0 Å². The summed E-state index contributed by atoms with van der Waals surface area (Å²) in [6.45, 7) is 9.82. The molecule has 0 N–H and O–H groups in total. The quantitative estimate of drug-likeness (QED) is 0.564. The molecule has 6 unspecified atom stereocenters. The molecular formula is C12H22S2. The Morgan fingerprint density at radius 2 is 1.50 bits per heavy atom. The predicted molar refractivity (Wildman–Crippen MR) is 68.6 cm³/mol. The van der Waals surface area contributed by atoms with Crippen LogP contribution >= 0.6 is 21.6 Å². The Balaban J connectivity index is 2.19. The molecule has 1 aliphatic carbocycles. The third-order valence-electron chi connectivity index (χ3n) is 4.42. The van der Waals surface area contributed by atoms with Crippen LogP contribution < -0.4 is 0 Å². The largest absolute Gasteiger partial charge is 0.0904 e. The molecule has 2 aliphatic rings. The Morgan fingerprint density at radius 1 is 0.857 bits per heavy atom. The molecule has 0 aromatic heterocycles. The van der Waals surface area contributed by atoms with Crippen molar-refractivity contribution in [1.82, 2.24) is 0 Å². The Hall–Kier alpha value is 0.700. The summed E-state index contributed by atoms with van der Waals surface area (Å²) in [4.78, 5) is 0. The van der Waals surface area contributed by atoms with Crippen molar-refractivity contribution in [3.05, 3.63) is 0 Å². The SMILES string of the molecule is CC1CCC2C(C)SSC(C)C(C)C12. The fourth-order valence-corrected chi connectivity index (χ4v) is 6.54. The van der Waals surface area contributed by atoms with Crippen molar-refractivity contribution < 1.29 is 0 Å². The predicted octanol–water partition coefficient (Wildman–Crippen LogP) is 4.46. The first kappa shape index (κ1) is 11.2. The standard InChI is InChI=1S/C12H22S2/c1-7-5-6-11-10(4)14-13-9(3)8(2)12(7)11/h7-12H,5-6H2,1-4H3. The van der Waals surface area contributed by atoms with Gasteiger partial charge in [-0.05, 0) is 30.1 Å². The zero-order chi connectivity index (χ0) is 10.3. The Labute approximate surface area is 96.4 Å². The number of fused-ring (bicyclic) bond motifs is 1. The van der Waals surface area contributed by atoms with Gasteiger partial charge in [-0.2, -0.15) is 0 Å². The maximum absolute atomic E-state index is 2.48. The summed E-state index contributed by atoms with van der Waals surface area (Å²) in [6.07, 6.45) is 2.96. The van der Waals surface area contributed by atoms with E-state index < -0.39 is 0 Å². The van der Waals surface area contributed by atoms with Gasteiger partial charge in [0.1, 0.15) is 0 Å². The van der Waals surface area contributed by atoms with Crippen molar-refractivity contribution in [2.75, 3.05) is 0 Å². The Bertz CT molecular complexity index is 204. The molecule has 0 aromatic carbocycles. The third kappa shape index (κ3) is 1.84. The van der Waals surface area contributed by atoms with Crippen LogP contribution in [0.15, 0.2) is 0 Å². The maximum atomic E-state index is 2.48. The second kappa shape index (κ2) is 4.29. The highest BCUT2D eigenvalue weighted by Gasteiger charge is 2.43. The van der Waals surface area contributed by atoms with Gasteiger partial charge in [-0.3, -0.25) is 0 Å². The first-order chi connectivity index (χ1) is 6.61. The topological polar surface area (TPSA) is 0 Å². The lowest BCUT2D eigenvalue weighted by Crippen LogP contribution is -2.28. The van der Waals surface area contributed by atoms with Gasteiger partial charge in [0.05, 0.1) is 0 Å². The number of hydrogen-bond acceptors (Lipinski definition) is 2. The van der Waals surface area contributed by atoms with Crippen LogP contribution in [-0.2, 0) is 0 Å². The van der Waals surface area contributed by atoms with Crippen molar-refractivity contribution in [1.29, 1.82) is 0 Å². The maximum Gasteiger partial charge on any atom is 0.0154 e. The summed E-state index contributed by atoms with van der Waals surface area (Å²) in [5.41, 5.74) is 0. The molecule has 0 amide bonds. The Morgan fingerprint density at radius 3 is 2.21 bits per heavy atom. The summed E-state index contributed by atoms with van der Waals surface area (Å²) in [6, 6.07) is 0. The summed E-state index contributed by atoms with van der Waals surface area (Å²) >= 11 is 0. The van der Waals surface area contributed by atoms with Gasteiger partial charge in [0.25, 0.3) is 0 Å². The monoisotopic (exact) mass is 230 g/mol. The van der Waals surface area contributed by atoms with Crippen LogP contribution in [-0.4, -0.2) is 10.5 Å². The van der Waals surface area contributed by atoms with Crippen molar-refractivity contribution in [3.8, 4) is 0 Å². The number of hydrogen-bond donors (Lipinski definition) is 0. The molecule has 2 fully saturated rings. The fraction of sp³-hybridized carbons (Fsp3) is 1.00. The van der Waals surface area contributed by atoms with Crippen molar-refractivity contribution in [2.45, 2.75) is 51.0 Å². The van der Waals surface area contributed by atoms with Gasteiger partial charge in [0, 0.05) is 10.5 Å². The van der Waals surface area contributed by atoms with E-state index in [1.807, 2.05) is 0 Å². The molecule has 0 bridgehead atoms. The summed E-state index contributed by atoms with van der Waals surface area (Å²) in [5.74, 6) is 3.89. The van der Waals surface area contributed by atoms with Crippen LogP contribution in [0.3, 0.4) is 0 Å². The first-order valence-electron chi connectivity index (χ1n) is 5.93. The molecular weight excluding hydrogens is 208 g/mol. The third-order valence-corrected chi connectivity index (χ3v) is 8.07. The highest BCUT2D eigenvalue weighted by molar-refractivity contribution is 8.77. The molecule has 0 nitrogen and oxygen atoms in total. The van der Waals surface area contributed by atoms with Crippen LogP contribution in [0.25, 0.3) is 0 Å². The van der Waals surface area contributed by atoms with Gasteiger partial charge in [-0.25, -0.2) is 0 Å². The second-order valence-corrected chi connectivity index (χ2v) is 8.28. The molecule has 1 heterocycles. The van der Waals surface area contributed by atoms with Crippen LogP contribution in [0.2, 0.25) is 0 Å². The van der Waals surface area contributed by atoms with Gasteiger partial charge >= 0.3 is 0 Å². The van der Waals surface area contributed by atoms with Crippen LogP contribution in [0.1, 0.15) is 40.5 Å². The van der Waals surface area contributed by atoms with Crippen molar-refractivity contribution in [2.24, 2.45) is 23.7 Å². The van der Waals surface area contributed by atoms with E-state index >= 15 is 0 Å². The zero-order valence-corrected chi connectivity index (χ0v) is 11.3. The van der Waals surface area contributed by atoms with Gasteiger partial charge in [0.15, 0.2) is 0 Å². The van der Waals surface area contributed by atoms with E-state index in [0.717, 1.165) is 34.2 Å². The number of rotatable bonds is 0. The average molecular weight is 230 g/mol. The molecule has 0 aromatic rings. The molecule has 0 spiro atoms. The highest BCUT2D eigenvalue weighted by atomic mass is 33.1. The van der Waals surface area contributed by atoms with Crippen molar-refractivity contribution >= 4 is 21.6 Å². The Kier molecular flexibility index (Phi) is 3.43. The zero-order valence-electron chi connectivity index (χ0n) is 9.69. The summed E-state index contributed by atoms with van der Waals surface area (Å²) in [5, 5.41) is 1.72. The van der Waals surface area contributed by atoms with E-state index in [9.17, 15) is 0 Å². The van der Waals surface area contributed by atoms with E-state index in [1.165, 1.54) is 12.8 Å². The minimum Gasteiger partial charge on any atom is -0.0904 e. The smallest absolute Gasteiger partial charge is 0.0154 e. The molecule has 6 atom stereocenters. The van der Waals surface area contributed by atoms with E-state index in [1.54, 1.807) is 0 Å². The van der Waals surface area contributed by atoms with E-state index in [-0.39, 0.29) is 0 Å². The van der Waals surface area contributed by atoms with Crippen LogP contribution in [0.4, 0.5) is 0 Å². The second-order valence-electron chi connectivity index (χ2n) is 5.26. The lowest BCUT2D eigenvalue weighted by atomic mass is 9.78. The molecule has 82 valence electrons. The molecule has 0 radical (unpaired) electrons. The molecule has 1 aliphatic heterocycles. The van der Waals surface area contributed by atoms with E-state index in [4.69, 9.17) is 0 Å². The van der Waals surface area contributed by atoms with Gasteiger partial charge in [-0.1, -0.05) is 55.7 Å². The average Bonchev–Trinajstić information content (AvgIpc) is 2.50.